The zero-order chi connectivity index (χ0) is 14.5. The van der Waals surface area contributed by atoms with Crippen LogP contribution in [0.1, 0.15) is 29.8 Å². The van der Waals surface area contributed by atoms with Gasteiger partial charge in [0, 0.05) is 22.6 Å². The highest BCUT2D eigenvalue weighted by Crippen LogP contribution is 2.17. The van der Waals surface area contributed by atoms with Crippen molar-refractivity contribution in [2.24, 2.45) is 0 Å². The number of hydrogen-bond acceptors (Lipinski definition) is 1. The molecule has 2 aromatic carbocycles. The smallest absolute Gasteiger partial charge is 0.254 e. The van der Waals surface area contributed by atoms with Crippen molar-refractivity contribution in [2.75, 3.05) is 0 Å². The first-order chi connectivity index (χ1) is 9.58. The highest BCUT2D eigenvalue weighted by Gasteiger charge is 2.19. The molecule has 0 radical (unpaired) electrons. The fraction of sp³-hybridized carbons (Fsp3) is 0.235. The van der Waals surface area contributed by atoms with Crippen LogP contribution in [0.4, 0.5) is 0 Å². The molecule has 2 nitrogen and oxygen atoms in total. The molecule has 0 fully saturated rings. The minimum Gasteiger partial charge on any atom is -0.332 e. The van der Waals surface area contributed by atoms with Gasteiger partial charge in [-0.1, -0.05) is 52.3 Å². The van der Waals surface area contributed by atoms with Crippen LogP contribution < -0.4 is 0 Å². The molecule has 0 spiro atoms. The van der Waals surface area contributed by atoms with Gasteiger partial charge in [-0.2, -0.15) is 0 Å². The van der Waals surface area contributed by atoms with Crippen LogP contribution in [0.3, 0.4) is 0 Å². The Morgan fingerprint density at radius 2 is 1.80 bits per heavy atom. The Hall–Kier alpha value is -1.61. The Morgan fingerprint density at radius 1 is 1.10 bits per heavy atom. The number of amides is 1. The van der Waals surface area contributed by atoms with E-state index in [1.807, 2.05) is 73.3 Å². The van der Waals surface area contributed by atoms with E-state index in [0.717, 1.165) is 10.0 Å². The molecular weight excluding hydrogens is 314 g/mol. The first kappa shape index (κ1) is 14.8. The third kappa shape index (κ3) is 3.70. The van der Waals surface area contributed by atoms with Gasteiger partial charge in [-0.3, -0.25) is 4.79 Å². The number of carbonyl (C=O) groups excluding carboxylic acids is 1. The van der Waals surface area contributed by atoms with Crippen molar-refractivity contribution >= 4 is 21.8 Å². The van der Waals surface area contributed by atoms with Gasteiger partial charge in [0.15, 0.2) is 0 Å². The van der Waals surface area contributed by atoms with E-state index >= 15 is 0 Å². The molecule has 0 atom stereocenters. The predicted molar refractivity (Wildman–Crippen MR) is 85.6 cm³/mol. The molecule has 20 heavy (non-hydrogen) atoms. The summed E-state index contributed by atoms with van der Waals surface area (Å²) in [7, 11) is 0. The van der Waals surface area contributed by atoms with E-state index in [-0.39, 0.29) is 11.9 Å². The van der Waals surface area contributed by atoms with Crippen LogP contribution in [0.15, 0.2) is 59.1 Å². The van der Waals surface area contributed by atoms with Crippen molar-refractivity contribution in [2.45, 2.75) is 26.4 Å². The van der Waals surface area contributed by atoms with E-state index in [4.69, 9.17) is 0 Å². The summed E-state index contributed by atoms with van der Waals surface area (Å²) in [5.41, 5.74) is 1.86. The van der Waals surface area contributed by atoms with E-state index < -0.39 is 0 Å². The molecule has 0 aliphatic heterocycles. The average Bonchev–Trinajstić information content (AvgIpc) is 2.45. The highest BCUT2D eigenvalue weighted by molar-refractivity contribution is 9.10. The first-order valence-corrected chi connectivity index (χ1v) is 7.47. The van der Waals surface area contributed by atoms with E-state index in [1.54, 1.807) is 0 Å². The van der Waals surface area contributed by atoms with Gasteiger partial charge in [0.25, 0.3) is 5.91 Å². The van der Waals surface area contributed by atoms with Gasteiger partial charge in [0.1, 0.15) is 0 Å². The minimum atomic E-state index is 0.0603. The fourth-order valence-electron chi connectivity index (χ4n) is 2.06. The van der Waals surface area contributed by atoms with Crippen LogP contribution in [0, 0.1) is 0 Å². The summed E-state index contributed by atoms with van der Waals surface area (Å²) >= 11 is 3.41. The maximum atomic E-state index is 12.6. The molecule has 2 rings (SSSR count). The Balaban J connectivity index is 2.23. The van der Waals surface area contributed by atoms with E-state index in [9.17, 15) is 4.79 Å². The van der Waals surface area contributed by atoms with Crippen molar-refractivity contribution in [1.82, 2.24) is 4.90 Å². The lowest BCUT2D eigenvalue weighted by Crippen LogP contribution is -2.36. The topological polar surface area (TPSA) is 20.3 Å². The summed E-state index contributed by atoms with van der Waals surface area (Å²) in [4.78, 5) is 14.5. The van der Waals surface area contributed by atoms with E-state index in [1.165, 1.54) is 0 Å². The number of nitrogens with zero attached hydrogens (tertiary/aromatic N) is 1. The lowest BCUT2D eigenvalue weighted by molar-refractivity contribution is 0.0690. The van der Waals surface area contributed by atoms with Crippen molar-refractivity contribution in [3.05, 3.63) is 70.2 Å². The van der Waals surface area contributed by atoms with Crippen LogP contribution in [0.25, 0.3) is 0 Å². The van der Waals surface area contributed by atoms with Crippen LogP contribution >= 0.6 is 15.9 Å². The Bertz CT molecular complexity index is 581. The van der Waals surface area contributed by atoms with Gasteiger partial charge in [-0.05, 0) is 37.6 Å². The van der Waals surface area contributed by atoms with Crippen molar-refractivity contribution in [3.63, 3.8) is 0 Å². The molecule has 0 N–H and O–H groups in total. The number of halogens is 1. The summed E-state index contributed by atoms with van der Waals surface area (Å²) in [5.74, 6) is 0.0603. The third-order valence-electron chi connectivity index (χ3n) is 3.15. The predicted octanol–water partition coefficient (Wildman–Crippen LogP) is 4.50. The lowest BCUT2D eigenvalue weighted by atomic mass is 10.1. The average molecular weight is 332 g/mol. The molecule has 3 heteroatoms. The molecule has 0 aromatic heterocycles. The van der Waals surface area contributed by atoms with Gasteiger partial charge in [-0.15, -0.1) is 0 Å². The van der Waals surface area contributed by atoms with Gasteiger partial charge in [0.2, 0.25) is 0 Å². The zero-order valence-electron chi connectivity index (χ0n) is 11.7. The number of hydrogen-bond donors (Lipinski definition) is 0. The molecule has 0 unspecified atom stereocenters. The monoisotopic (exact) mass is 331 g/mol. The second-order valence-electron chi connectivity index (χ2n) is 5.02. The third-order valence-corrected chi connectivity index (χ3v) is 3.64. The Kier molecular flexibility index (Phi) is 4.96. The lowest BCUT2D eigenvalue weighted by Gasteiger charge is -2.27. The Morgan fingerprint density at radius 3 is 2.40 bits per heavy atom. The van der Waals surface area contributed by atoms with Gasteiger partial charge in [0.05, 0.1) is 0 Å². The SMILES string of the molecule is CC(C)N(Cc1ccccc1)C(=O)c1cccc(Br)c1. The second-order valence-corrected chi connectivity index (χ2v) is 5.94. The number of benzene rings is 2. The summed E-state index contributed by atoms with van der Waals surface area (Å²) in [6, 6.07) is 17.8. The van der Waals surface area contributed by atoms with E-state index in [2.05, 4.69) is 15.9 Å². The number of rotatable bonds is 4. The maximum Gasteiger partial charge on any atom is 0.254 e. The molecule has 0 saturated carbocycles. The number of carbonyl (C=O) groups is 1. The van der Waals surface area contributed by atoms with Crippen molar-refractivity contribution < 1.29 is 4.79 Å². The van der Waals surface area contributed by atoms with Gasteiger partial charge < -0.3 is 4.90 Å². The molecular formula is C17H18BrNO. The zero-order valence-corrected chi connectivity index (χ0v) is 13.3. The van der Waals surface area contributed by atoms with Crippen LogP contribution in [0.5, 0.6) is 0 Å². The quantitative estimate of drug-likeness (QED) is 0.807. The van der Waals surface area contributed by atoms with Crippen LogP contribution in [-0.2, 0) is 6.54 Å². The van der Waals surface area contributed by atoms with Gasteiger partial charge >= 0.3 is 0 Å². The van der Waals surface area contributed by atoms with Crippen LogP contribution in [-0.4, -0.2) is 16.8 Å². The minimum absolute atomic E-state index is 0.0603. The van der Waals surface area contributed by atoms with Gasteiger partial charge in [-0.25, -0.2) is 0 Å². The highest BCUT2D eigenvalue weighted by atomic mass is 79.9. The maximum absolute atomic E-state index is 12.6. The summed E-state index contributed by atoms with van der Waals surface area (Å²) in [6.07, 6.45) is 0. The molecule has 0 saturated heterocycles. The van der Waals surface area contributed by atoms with Crippen LogP contribution in [0.2, 0.25) is 0 Å². The summed E-state index contributed by atoms with van der Waals surface area (Å²) < 4.78 is 0.923. The molecule has 1 amide bonds. The molecule has 104 valence electrons. The second kappa shape index (κ2) is 6.71. The summed E-state index contributed by atoms with van der Waals surface area (Å²) in [6.45, 7) is 4.71. The normalized spacial score (nSPS) is 10.6. The van der Waals surface area contributed by atoms with E-state index in [0.29, 0.717) is 12.1 Å². The van der Waals surface area contributed by atoms with Crippen molar-refractivity contribution in [3.8, 4) is 0 Å². The standard InChI is InChI=1S/C17H18BrNO/c1-13(2)19(12-14-7-4-3-5-8-14)17(20)15-9-6-10-16(18)11-15/h3-11,13H,12H2,1-2H3. The molecule has 0 heterocycles. The fourth-order valence-corrected chi connectivity index (χ4v) is 2.46. The van der Waals surface area contributed by atoms with Crippen molar-refractivity contribution in [1.29, 1.82) is 0 Å². The molecule has 0 aliphatic rings. The summed E-state index contributed by atoms with van der Waals surface area (Å²) in [5, 5.41) is 0. The molecule has 0 aliphatic carbocycles. The molecule has 2 aromatic rings. The largest absolute Gasteiger partial charge is 0.332 e. The Labute approximate surface area is 128 Å². The molecule has 0 bridgehead atoms. The first-order valence-electron chi connectivity index (χ1n) is 6.68.